The van der Waals surface area contributed by atoms with Crippen molar-refractivity contribution in [2.24, 2.45) is 0 Å². The Balaban J connectivity index is 1.14. The summed E-state index contributed by atoms with van der Waals surface area (Å²) < 4.78 is 18.9. The van der Waals surface area contributed by atoms with Gasteiger partial charge in [0, 0.05) is 68.7 Å². The monoisotopic (exact) mass is 721 g/mol. The first kappa shape index (κ1) is 36.8. The molecule has 3 heterocycles. The summed E-state index contributed by atoms with van der Waals surface area (Å²) in [6.45, 7) is 9.16. The molecule has 1 unspecified atom stereocenters. The number of pyridine rings is 1. The summed E-state index contributed by atoms with van der Waals surface area (Å²) in [5, 5.41) is 29.8. The zero-order valence-corrected chi connectivity index (χ0v) is 30.3. The van der Waals surface area contributed by atoms with E-state index in [2.05, 4.69) is 68.5 Å². The molecule has 0 saturated carbocycles. The van der Waals surface area contributed by atoms with Gasteiger partial charge in [0.1, 0.15) is 48.7 Å². The summed E-state index contributed by atoms with van der Waals surface area (Å²) in [6, 6.07) is 20.0. The molecule has 2 aromatic heterocycles. The largest absolute Gasteiger partial charge is 0.493 e. The van der Waals surface area contributed by atoms with Gasteiger partial charge in [-0.25, -0.2) is 4.98 Å². The molecule has 1 aliphatic rings. The molecule has 0 amide bonds. The first-order valence-corrected chi connectivity index (χ1v) is 17.9. The van der Waals surface area contributed by atoms with Crippen molar-refractivity contribution < 1.29 is 19.3 Å². The lowest BCUT2D eigenvalue weighted by Gasteiger charge is -2.19. The van der Waals surface area contributed by atoms with Crippen LogP contribution in [0.5, 0.6) is 17.2 Å². The third kappa shape index (κ3) is 9.66. The Kier molecular flexibility index (Phi) is 12.7. The molecule has 0 spiro atoms. The van der Waals surface area contributed by atoms with Crippen molar-refractivity contribution in [3.63, 3.8) is 0 Å². The first-order valence-electron chi connectivity index (χ1n) is 17.6. The number of benzene rings is 3. The molecule has 1 aliphatic heterocycles. The van der Waals surface area contributed by atoms with Gasteiger partial charge in [0.2, 0.25) is 0 Å². The van der Waals surface area contributed by atoms with Gasteiger partial charge in [0.25, 0.3) is 0 Å². The van der Waals surface area contributed by atoms with Crippen LogP contribution in [0, 0.1) is 25.2 Å². The van der Waals surface area contributed by atoms with Crippen LogP contribution in [-0.2, 0) is 26.2 Å². The molecular weight excluding hydrogens is 678 g/mol. The van der Waals surface area contributed by atoms with Crippen LogP contribution in [0.2, 0.25) is 5.02 Å². The zero-order chi connectivity index (χ0) is 36.3. The van der Waals surface area contributed by atoms with Crippen LogP contribution in [0.1, 0.15) is 52.0 Å². The van der Waals surface area contributed by atoms with Crippen LogP contribution in [0.25, 0.3) is 11.1 Å². The summed E-state index contributed by atoms with van der Waals surface area (Å²) in [5.41, 5.74) is 7.58. The quantitative estimate of drug-likeness (QED) is 0.0933. The summed E-state index contributed by atoms with van der Waals surface area (Å²) >= 11 is 6.81. The van der Waals surface area contributed by atoms with E-state index < -0.39 is 0 Å². The van der Waals surface area contributed by atoms with Crippen molar-refractivity contribution in [3.8, 4) is 34.4 Å². The van der Waals surface area contributed by atoms with Crippen LogP contribution in [0.4, 0.5) is 0 Å². The third-order valence-electron chi connectivity index (χ3n) is 9.28. The lowest BCUT2D eigenvalue weighted by Crippen LogP contribution is -2.24. The van der Waals surface area contributed by atoms with E-state index in [-0.39, 0.29) is 12.7 Å². The molecule has 3 N–H and O–H groups in total. The third-order valence-corrected chi connectivity index (χ3v) is 9.57. The van der Waals surface area contributed by atoms with Crippen molar-refractivity contribution >= 4 is 11.6 Å². The Bertz CT molecular complexity index is 1980. The number of halogens is 1. The van der Waals surface area contributed by atoms with E-state index in [9.17, 15) is 10.4 Å². The van der Waals surface area contributed by atoms with Gasteiger partial charge in [-0.3, -0.25) is 10.1 Å². The Morgan fingerprint density at radius 2 is 1.81 bits per heavy atom. The number of hydrogen-bond acceptors (Lipinski definition) is 10. The van der Waals surface area contributed by atoms with E-state index in [1.165, 1.54) is 12.5 Å². The first-order chi connectivity index (χ1) is 25.4. The van der Waals surface area contributed by atoms with E-state index in [1.807, 2.05) is 30.3 Å². The zero-order valence-electron chi connectivity index (χ0n) is 29.6. The molecule has 3 aromatic carbocycles. The number of nitrogens with one attached hydrogen (secondary N) is 2. The summed E-state index contributed by atoms with van der Waals surface area (Å²) in [6.07, 6.45) is 6.95. The molecule has 11 nitrogen and oxygen atoms in total. The van der Waals surface area contributed by atoms with Crippen LogP contribution < -0.4 is 19.5 Å². The minimum absolute atomic E-state index is 0.202. The number of aliphatic hydroxyl groups excluding tert-OH is 1. The van der Waals surface area contributed by atoms with Crippen molar-refractivity contribution in [1.82, 2.24) is 30.4 Å². The van der Waals surface area contributed by atoms with Gasteiger partial charge < -0.3 is 29.5 Å². The number of likely N-dealkylation sites (tertiary alicyclic amines) is 1. The van der Waals surface area contributed by atoms with Gasteiger partial charge in [0.15, 0.2) is 0 Å². The maximum absolute atomic E-state index is 9.80. The Morgan fingerprint density at radius 1 is 0.981 bits per heavy atom. The molecule has 6 rings (SSSR count). The number of nitriles is 1. The van der Waals surface area contributed by atoms with E-state index in [0.29, 0.717) is 54.8 Å². The number of H-pyrrole nitrogens is 1. The van der Waals surface area contributed by atoms with E-state index >= 15 is 0 Å². The minimum Gasteiger partial charge on any atom is -0.493 e. The molecule has 1 atom stereocenters. The fourth-order valence-corrected chi connectivity index (χ4v) is 6.61. The van der Waals surface area contributed by atoms with Gasteiger partial charge in [-0.2, -0.15) is 10.4 Å². The molecule has 52 heavy (non-hydrogen) atoms. The molecule has 5 aromatic rings. The highest BCUT2D eigenvalue weighted by atomic mass is 35.5. The number of ether oxygens (including phenoxy) is 3. The number of hydrogen-bond donors (Lipinski definition) is 3. The number of β-amino-alcohol motifs (C(OH)–C–C–N with tert-alkyl or cyclic N) is 1. The topological polar surface area (TPSA) is 141 Å². The standard InChI is InChI=1S/C40H44ClN7O4/c1-27-31(6-3-7-34(27)35-8-4-9-37(28(35)2)50-15-5-13-48-14-11-33(49)23-48)25-52-39-18-38(51-24-30-16-29(19-42)20-44-21-30)32(17-36(39)41)22-43-12-10-40-45-26-46-47-40/h3-4,6-9,16-18,20-21,26,33,43,49H,5,10-15,22-25H2,1-2H3,(H,45,46,47). The predicted molar refractivity (Wildman–Crippen MR) is 199 cm³/mol. The Morgan fingerprint density at radius 3 is 2.60 bits per heavy atom. The van der Waals surface area contributed by atoms with Gasteiger partial charge in [-0.05, 0) is 72.7 Å². The Hall–Kier alpha value is -4.99. The van der Waals surface area contributed by atoms with E-state index in [0.717, 1.165) is 83.0 Å². The van der Waals surface area contributed by atoms with Gasteiger partial charge in [0.05, 0.1) is 23.3 Å². The lowest BCUT2D eigenvalue weighted by atomic mass is 9.93. The number of aromatic nitrogens is 4. The number of rotatable bonds is 17. The van der Waals surface area contributed by atoms with Crippen molar-refractivity contribution in [1.29, 1.82) is 5.26 Å². The summed E-state index contributed by atoms with van der Waals surface area (Å²) in [5.74, 6) is 2.80. The van der Waals surface area contributed by atoms with Crippen molar-refractivity contribution in [2.45, 2.75) is 59.0 Å². The van der Waals surface area contributed by atoms with Crippen molar-refractivity contribution in [2.75, 3.05) is 32.8 Å². The summed E-state index contributed by atoms with van der Waals surface area (Å²) in [7, 11) is 0. The molecule has 1 fully saturated rings. The normalized spacial score (nSPS) is 14.3. The van der Waals surface area contributed by atoms with E-state index in [1.54, 1.807) is 12.3 Å². The predicted octanol–water partition coefficient (Wildman–Crippen LogP) is 6.33. The molecule has 270 valence electrons. The van der Waals surface area contributed by atoms with Gasteiger partial charge in [-0.15, -0.1) is 0 Å². The van der Waals surface area contributed by atoms with Crippen LogP contribution >= 0.6 is 11.6 Å². The average molecular weight is 722 g/mol. The molecule has 0 aliphatic carbocycles. The molecular formula is C40H44ClN7O4. The molecule has 0 radical (unpaired) electrons. The van der Waals surface area contributed by atoms with Crippen LogP contribution in [-0.4, -0.2) is 69.1 Å². The minimum atomic E-state index is -0.202. The highest BCUT2D eigenvalue weighted by Crippen LogP contribution is 2.36. The smallest absolute Gasteiger partial charge is 0.142 e. The van der Waals surface area contributed by atoms with Crippen molar-refractivity contribution in [3.05, 3.63) is 118 Å². The SMILES string of the molecule is Cc1c(COc2cc(OCc3cncc(C#N)c3)c(CNCCc3ncn[nH]3)cc2Cl)cccc1-c1cccc(OCCCN2CCC(O)C2)c1C. The fraction of sp³-hybridized carbons (Fsp3) is 0.350. The number of aliphatic hydroxyl groups is 1. The van der Waals surface area contributed by atoms with Crippen LogP contribution in [0.15, 0.2) is 73.3 Å². The van der Waals surface area contributed by atoms with Crippen LogP contribution in [0.3, 0.4) is 0 Å². The summed E-state index contributed by atoms with van der Waals surface area (Å²) in [4.78, 5) is 10.6. The maximum Gasteiger partial charge on any atom is 0.142 e. The van der Waals surface area contributed by atoms with Gasteiger partial charge in [-0.1, -0.05) is 41.9 Å². The second kappa shape index (κ2) is 18.0. The average Bonchev–Trinajstić information content (AvgIpc) is 3.84. The maximum atomic E-state index is 9.80. The highest BCUT2D eigenvalue weighted by molar-refractivity contribution is 6.32. The molecule has 1 saturated heterocycles. The highest BCUT2D eigenvalue weighted by Gasteiger charge is 2.20. The van der Waals surface area contributed by atoms with Gasteiger partial charge >= 0.3 is 0 Å². The fourth-order valence-electron chi connectivity index (χ4n) is 6.36. The molecule has 12 heteroatoms. The second-order valence-electron chi connectivity index (χ2n) is 13.0. The van der Waals surface area contributed by atoms with E-state index in [4.69, 9.17) is 25.8 Å². The second-order valence-corrected chi connectivity index (χ2v) is 13.4. The number of nitrogens with zero attached hydrogens (tertiary/aromatic N) is 5. The molecule has 0 bridgehead atoms. The lowest BCUT2D eigenvalue weighted by molar-refractivity contribution is 0.173. The number of aromatic amines is 1. The Labute approximate surface area is 309 Å².